The Morgan fingerprint density at radius 3 is 3.00 bits per heavy atom. The van der Waals surface area contributed by atoms with Gasteiger partial charge in [0, 0.05) is 36.7 Å². The Hall–Kier alpha value is -1.61. The SMILES string of the molecule is CC1CN(c2cccc3ccc(F)cc23)CCN1. The fourth-order valence-electron chi connectivity index (χ4n) is 2.66. The molecular formula is C15H17FN2. The molecule has 0 spiro atoms. The van der Waals surface area contributed by atoms with Gasteiger partial charge in [-0.2, -0.15) is 0 Å². The Morgan fingerprint density at radius 1 is 1.28 bits per heavy atom. The molecule has 94 valence electrons. The molecular weight excluding hydrogens is 227 g/mol. The van der Waals surface area contributed by atoms with Crippen molar-refractivity contribution in [2.75, 3.05) is 24.5 Å². The normalized spacial score (nSPS) is 20.3. The van der Waals surface area contributed by atoms with E-state index in [1.54, 1.807) is 6.07 Å². The average molecular weight is 244 g/mol. The van der Waals surface area contributed by atoms with Crippen LogP contribution in [0.25, 0.3) is 10.8 Å². The molecule has 2 nitrogen and oxygen atoms in total. The first-order valence-corrected chi connectivity index (χ1v) is 6.40. The number of hydrogen-bond donors (Lipinski definition) is 1. The molecule has 1 N–H and O–H groups in total. The van der Waals surface area contributed by atoms with Gasteiger partial charge >= 0.3 is 0 Å². The van der Waals surface area contributed by atoms with Crippen molar-refractivity contribution in [3.8, 4) is 0 Å². The Morgan fingerprint density at radius 2 is 2.17 bits per heavy atom. The fourth-order valence-corrected chi connectivity index (χ4v) is 2.66. The van der Waals surface area contributed by atoms with E-state index in [4.69, 9.17) is 0 Å². The number of piperazine rings is 1. The lowest BCUT2D eigenvalue weighted by atomic mass is 10.1. The maximum atomic E-state index is 13.4. The number of nitrogens with zero attached hydrogens (tertiary/aromatic N) is 1. The third kappa shape index (κ3) is 2.06. The number of anilines is 1. The second kappa shape index (κ2) is 4.58. The highest BCUT2D eigenvalue weighted by Crippen LogP contribution is 2.28. The standard InChI is InChI=1S/C15H17FN2/c1-11-10-18(8-7-17-11)15-4-2-3-12-5-6-13(16)9-14(12)15/h2-6,9,11,17H,7-8,10H2,1H3. The van der Waals surface area contributed by atoms with E-state index in [1.165, 1.54) is 6.07 Å². The van der Waals surface area contributed by atoms with Gasteiger partial charge < -0.3 is 10.2 Å². The van der Waals surface area contributed by atoms with E-state index in [9.17, 15) is 4.39 Å². The molecule has 0 aromatic heterocycles. The second-order valence-corrected chi connectivity index (χ2v) is 4.94. The summed E-state index contributed by atoms with van der Waals surface area (Å²) in [5.74, 6) is -0.168. The van der Waals surface area contributed by atoms with Crippen LogP contribution in [0.4, 0.5) is 10.1 Å². The molecule has 0 radical (unpaired) electrons. The molecule has 0 bridgehead atoms. The number of halogens is 1. The minimum atomic E-state index is -0.168. The van der Waals surface area contributed by atoms with Gasteiger partial charge in [0.25, 0.3) is 0 Å². The van der Waals surface area contributed by atoms with Crippen molar-refractivity contribution >= 4 is 16.5 Å². The minimum absolute atomic E-state index is 0.168. The molecule has 2 aromatic carbocycles. The summed E-state index contributed by atoms with van der Waals surface area (Å²) in [6.07, 6.45) is 0. The maximum absolute atomic E-state index is 13.4. The Balaban J connectivity index is 2.07. The van der Waals surface area contributed by atoms with Crippen LogP contribution in [-0.4, -0.2) is 25.7 Å². The zero-order valence-electron chi connectivity index (χ0n) is 10.5. The average Bonchev–Trinajstić information content (AvgIpc) is 2.38. The van der Waals surface area contributed by atoms with Crippen molar-refractivity contribution in [1.82, 2.24) is 5.32 Å². The van der Waals surface area contributed by atoms with Gasteiger partial charge in [0.1, 0.15) is 5.82 Å². The van der Waals surface area contributed by atoms with Gasteiger partial charge in [0.15, 0.2) is 0 Å². The van der Waals surface area contributed by atoms with Crippen LogP contribution in [0.3, 0.4) is 0 Å². The molecule has 0 amide bonds. The van der Waals surface area contributed by atoms with Crippen molar-refractivity contribution in [2.45, 2.75) is 13.0 Å². The van der Waals surface area contributed by atoms with E-state index in [1.807, 2.05) is 18.2 Å². The molecule has 1 aliphatic rings. The number of fused-ring (bicyclic) bond motifs is 1. The maximum Gasteiger partial charge on any atom is 0.123 e. The monoisotopic (exact) mass is 244 g/mol. The summed E-state index contributed by atoms with van der Waals surface area (Å²) in [7, 11) is 0. The van der Waals surface area contributed by atoms with Gasteiger partial charge in [-0.1, -0.05) is 18.2 Å². The van der Waals surface area contributed by atoms with Crippen LogP contribution in [0.2, 0.25) is 0 Å². The molecule has 0 aliphatic carbocycles. The highest BCUT2D eigenvalue weighted by atomic mass is 19.1. The molecule has 3 heteroatoms. The summed E-state index contributed by atoms with van der Waals surface area (Å²) >= 11 is 0. The summed E-state index contributed by atoms with van der Waals surface area (Å²) in [6.45, 7) is 5.10. The first-order chi connectivity index (χ1) is 8.74. The van der Waals surface area contributed by atoms with Gasteiger partial charge in [0.05, 0.1) is 0 Å². The van der Waals surface area contributed by atoms with Crippen LogP contribution < -0.4 is 10.2 Å². The summed E-state index contributed by atoms with van der Waals surface area (Å²) < 4.78 is 13.4. The zero-order valence-corrected chi connectivity index (χ0v) is 10.5. The van der Waals surface area contributed by atoms with E-state index in [2.05, 4.69) is 23.2 Å². The van der Waals surface area contributed by atoms with E-state index >= 15 is 0 Å². The largest absolute Gasteiger partial charge is 0.368 e. The summed E-state index contributed by atoms with van der Waals surface area (Å²) in [5.41, 5.74) is 1.14. The lowest BCUT2D eigenvalue weighted by molar-refractivity contribution is 0.485. The molecule has 3 rings (SSSR count). The third-order valence-corrected chi connectivity index (χ3v) is 3.53. The first-order valence-electron chi connectivity index (χ1n) is 6.40. The minimum Gasteiger partial charge on any atom is -0.368 e. The quantitative estimate of drug-likeness (QED) is 0.829. The lowest BCUT2D eigenvalue weighted by Crippen LogP contribution is -2.49. The number of hydrogen-bond acceptors (Lipinski definition) is 2. The third-order valence-electron chi connectivity index (χ3n) is 3.53. The summed E-state index contributed by atoms with van der Waals surface area (Å²) in [4.78, 5) is 2.34. The predicted octanol–water partition coefficient (Wildman–Crippen LogP) is 2.78. The Bertz CT molecular complexity index is 567. The van der Waals surface area contributed by atoms with Crippen LogP contribution in [0.1, 0.15) is 6.92 Å². The Labute approximate surface area is 106 Å². The molecule has 0 saturated carbocycles. The van der Waals surface area contributed by atoms with Gasteiger partial charge in [-0.3, -0.25) is 0 Å². The molecule has 1 atom stereocenters. The second-order valence-electron chi connectivity index (χ2n) is 4.94. The van der Waals surface area contributed by atoms with E-state index in [-0.39, 0.29) is 5.82 Å². The van der Waals surface area contributed by atoms with Gasteiger partial charge in [-0.05, 0) is 30.5 Å². The molecule has 2 aromatic rings. The van der Waals surface area contributed by atoms with Crippen LogP contribution in [0.15, 0.2) is 36.4 Å². The molecule has 1 aliphatic heterocycles. The molecule has 18 heavy (non-hydrogen) atoms. The van der Waals surface area contributed by atoms with E-state index in [0.717, 1.165) is 36.1 Å². The van der Waals surface area contributed by atoms with Crippen molar-refractivity contribution in [2.24, 2.45) is 0 Å². The van der Waals surface area contributed by atoms with Crippen LogP contribution in [-0.2, 0) is 0 Å². The number of nitrogens with one attached hydrogen (secondary N) is 1. The fraction of sp³-hybridized carbons (Fsp3) is 0.333. The lowest BCUT2D eigenvalue weighted by Gasteiger charge is -2.34. The molecule has 1 fully saturated rings. The zero-order chi connectivity index (χ0) is 12.5. The van der Waals surface area contributed by atoms with Crippen molar-refractivity contribution in [3.63, 3.8) is 0 Å². The summed E-state index contributed by atoms with van der Waals surface area (Å²) in [5, 5.41) is 5.53. The van der Waals surface area contributed by atoms with Crippen molar-refractivity contribution in [3.05, 3.63) is 42.2 Å². The van der Waals surface area contributed by atoms with E-state index < -0.39 is 0 Å². The first kappa shape index (κ1) is 11.5. The highest BCUT2D eigenvalue weighted by molar-refractivity contribution is 5.94. The van der Waals surface area contributed by atoms with Crippen molar-refractivity contribution < 1.29 is 4.39 Å². The van der Waals surface area contributed by atoms with Crippen molar-refractivity contribution in [1.29, 1.82) is 0 Å². The van der Waals surface area contributed by atoms with Crippen LogP contribution in [0, 0.1) is 5.82 Å². The van der Waals surface area contributed by atoms with E-state index in [0.29, 0.717) is 6.04 Å². The van der Waals surface area contributed by atoms with Gasteiger partial charge in [-0.25, -0.2) is 4.39 Å². The summed E-state index contributed by atoms with van der Waals surface area (Å²) in [6, 6.07) is 11.6. The van der Waals surface area contributed by atoms with Crippen LogP contribution >= 0.6 is 0 Å². The number of rotatable bonds is 1. The van der Waals surface area contributed by atoms with Crippen LogP contribution in [0.5, 0.6) is 0 Å². The predicted molar refractivity (Wildman–Crippen MR) is 73.6 cm³/mol. The Kier molecular flexibility index (Phi) is 2.92. The number of benzene rings is 2. The molecule has 1 unspecified atom stereocenters. The molecule has 1 heterocycles. The van der Waals surface area contributed by atoms with Gasteiger partial charge in [-0.15, -0.1) is 0 Å². The highest BCUT2D eigenvalue weighted by Gasteiger charge is 2.17. The topological polar surface area (TPSA) is 15.3 Å². The van der Waals surface area contributed by atoms with Gasteiger partial charge in [0.2, 0.25) is 0 Å². The smallest absolute Gasteiger partial charge is 0.123 e. The molecule has 1 saturated heterocycles.